The second kappa shape index (κ2) is 8.25. The van der Waals surface area contributed by atoms with E-state index < -0.39 is 0 Å². The molecule has 0 aliphatic heterocycles. The lowest BCUT2D eigenvalue weighted by Crippen LogP contribution is -2.29. The molecule has 0 amide bonds. The fraction of sp³-hybridized carbons (Fsp3) is 0.0857. The van der Waals surface area contributed by atoms with E-state index in [9.17, 15) is 0 Å². The van der Waals surface area contributed by atoms with Crippen LogP contribution in [0.5, 0.6) is 0 Å². The van der Waals surface area contributed by atoms with E-state index in [1.54, 1.807) is 0 Å². The summed E-state index contributed by atoms with van der Waals surface area (Å²) in [5.74, 6) is 0. The van der Waals surface area contributed by atoms with Gasteiger partial charge in [0, 0.05) is 0 Å². The monoisotopic (exact) mass is 446 g/mol. The van der Waals surface area contributed by atoms with E-state index in [4.69, 9.17) is 0 Å². The summed E-state index contributed by atoms with van der Waals surface area (Å²) in [6.07, 6.45) is 10.1. The third-order valence-corrected chi connectivity index (χ3v) is 7.55. The van der Waals surface area contributed by atoms with Crippen LogP contribution < -0.4 is 10.4 Å². The van der Waals surface area contributed by atoms with Crippen molar-refractivity contribution >= 4 is 28.5 Å². The van der Waals surface area contributed by atoms with Crippen LogP contribution >= 0.6 is 0 Å². The molecule has 5 aromatic carbocycles. The lowest BCUT2D eigenvalue weighted by atomic mass is 9.82. The summed E-state index contributed by atoms with van der Waals surface area (Å²) in [6, 6.07) is 38.1. The summed E-state index contributed by atoms with van der Waals surface area (Å²) in [5.41, 5.74) is 10.8. The Morgan fingerprint density at radius 1 is 0.600 bits per heavy atom. The second-order valence-corrected chi connectivity index (χ2v) is 9.59. The van der Waals surface area contributed by atoms with Crippen molar-refractivity contribution in [3.63, 3.8) is 0 Å². The average Bonchev–Trinajstić information content (AvgIpc) is 3.39. The first kappa shape index (κ1) is 20.2. The van der Waals surface area contributed by atoms with Gasteiger partial charge in [0.25, 0.3) is 0 Å². The van der Waals surface area contributed by atoms with Crippen LogP contribution in [0.4, 0.5) is 0 Å². The molecule has 0 saturated carbocycles. The molecule has 0 bridgehead atoms. The van der Waals surface area contributed by atoms with Gasteiger partial charge in [-0.1, -0.05) is 103 Å². The molecule has 0 fully saturated rings. The predicted octanol–water partition coefficient (Wildman–Crippen LogP) is 7.52. The summed E-state index contributed by atoms with van der Waals surface area (Å²) in [7, 11) is 0. The van der Waals surface area contributed by atoms with Crippen LogP contribution in [0.3, 0.4) is 0 Å². The van der Waals surface area contributed by atoms with Crippen molar-refractivity contribution < 1.29 is 0 Å². The maximum Gasteiger partial charge on any atom is -0.00293 e. The van der Waals surface area contributed by atoms with Crippen LogP contribution in [0, 0.1) is 0 Å². The minimum Gasteiger partial charge on any atom is -0.0795 e. The van der Waals surface area contributed by atoms with Gasteiger partial charge in [-0.25, -0.2) is 0 Å². The topological polar surface area (TPSA) is 0 Å². The fourth-order valence-corrected chi connectivity index (χ4v) is 5.92. The van der Waals surface area contributed by atoms with Gasteiger partial charge in [-0.15, -0.1) is 0 Å². The van der Waals surface area contributed by atoms with E-state index in [2.05, 4.69) is 121 Å². The smallest absolute Gasteiger partial charge is 0.00293 e. The molecule has 0 nitrogen and oxygen atoms in total. The highest BCUT2D eigenvalue weighted by atomic mass is 14.2. The number of benzene rings is 5. The number of hydrogen-bond acceptors (Lipinski definition) is 0. The summed E-state index contributed by atoms with van der Waals surface area (Å²) < 4.78 is 0. The summed E-state index contributed by atoms with van der Waals surface area (Å²) in [6.45, 7) is 0. The number of rotatable bonds is 3. The number of fused-ring (bicyclic) bond motifs is 3. The molecular formula is C35H26. The van der Waals surface area contributed by atoms with E-state index in [-0.39, 0.29) is 0 Å². The van der Waals surface area contributed by atoms with Gasteiger partial charge in [0.05, 0.1) is 0 Å². The third kappa shape index (κ3) is 3.37. The van der Waals surface area contributed by atoms with E-state index in [0.717, 1.165) is 19.3 Å². The normalized spacial score (nSPS) is 14.0. The molecule has 0 saturated heterocycles. The van der Waals surface area contributed by atoms with Crippen molar-refractivity contribution in [1.29, 1.82) is 0 Å². The molecule has 0 unspecified atom stereocenters. The van der Waals surface area contributed by atoms with Gasteiger partial charge in [0.1, 0.15) is 0 Å². The Balaban J connectivity index is 1.68. The highest BCUT2D eigenvalue weighted by Gasteiger charge is 2.21. The molecule has 0 heteroatoms. The zero-order valence-electron chi connectivity index (χ0n) is 19.7. The molecule has 0 spiro atoms. The van der Waals surface area contributed by atoms with Crippen molar-refractivity contribution in [2.24, 2.45) is 0 Å². The first-order chi connectivity index (χ1) is 17.4. The van der Waals surface area contributed by atoms with E-state index in [1.807, 2.05) is 0 Å². The second-order valence-electron chi connectivity index (χ2n) is 9.59. The van der Waals surface area contributed by atoms with E-state index in [0.29, 0.717) is 0 Å². The van der Waals surface area contributed by atoms with Crippen LogP contribution in [-0.2, 0) is 6.42 Å². The lowest BCUT2D eigenvalue weighted by molar-refractivity contribution is 1.08. The fourth-order valence-electron chi connectivity index (χ4n) is 5.92. The maximum atomic E-state index is 2.47. The standard InChI is InChI=1S/C35H26/c1-3-11-25(12-4-1)31-23-34(30-20-10-16-24-13-7-8-19-29(24)30)35(26-14-5-2-6-15-26)33-22-28-18-9-17-27(28)21-32(31)33/h1-9,11-17,19,21-23H,10,18,20H2. The molecular weight excluding hydrogens is 420 g/mol. The number of hydrogen-bond donors (Lipinski definition) is 0. The van der Waals surface area contributed by atoms with Gasteiger partial charge in [-0.3, -0.25) is 0 Å². The molecule has 0 N–H and O–H groups in total. The van der Waals surface area contributed by atoms with Crippen LogP contribution in [-0.4, -0.2) is 0 Å². The van der Waals surface area contributed by atoms with Gasteiger partial charge in [-0.2, -0.15) is 0 Å². The summed E-state index contributed by atoms with van der Waals surface area (Å²) in [4.78, 5) is 0. The first-order valence-electron chi connectivity index (χ1n) is 12.6. The quantitative estimate of drug-likeness (QED) is 0.269. The van der Waals surface area contributed by atoms with Crippen LogP contribution in [0.1, 0.15) is 29.5 Å². The van der Waals surface area contributed by atoms with E-state index >= 15 is 0 Å². The lowest BCUT2D eigenvalue weighted by Gasteiger charge is -2.22. The van der Waals surface area contributed by atoms with Crippen molar-refractivity contribution in [3.05, 3.63) is 136 Å². The van der Waals surface area contributed by atoms with Gasteiger partial charge < -0.3 is 0 Å². The molecule has 0 atom stereocenters. The maximum absolute atomic E-state index is 2.47. The average molecular weight is 447 g/mol. The van der Waals surface area contributed by atoms with Crippen LogP contribution in [0.2, 0.25) is 0 Å². The molecule has 0 aromatic heterocycles. The Morgan fingerprint density at radius 2 is 1.34 bits per heavy atom. The largest absolute Gasteiger partial charge is 0.0795 e. The molecule has 0 radical (unpaired) electrons. The molecule has 2 aliphatic rings. The zero-order chi connectivity index (χ0) is 23.2. The molecule has 7 rings (SSSR count). The Kier molecular flexibility index (Phi) is 4.77. The van der Waals surface area contributed by atoms with Gasteiger partial charge in [0.15, 0.2) is 0 Å². The Morgan fingerprint density at radius 3 is 2.17 bits per heavy atom. The van der Waals surface area contributed by atoms with Crippen LogP contribution in [0.25, 0.3) is 50.8 Å². The number of allylic oxidation sites excluding steroid dienone is 1. The Labute approximate surface area is 206 Å². The van der Waals surface area contributed by atoms with Crippen molar-refractivity contribution in [2.45, 2.75) is 19.3 Å². The van der Waals surface area contributed by atoms with Crippen molar-refractivity contribution in [1.82, 2.24) is 0 Å². The van der Waals surface area contributed by atoms with Crippen LogP contribution in [0.15, 0.2) is 109 Å². The predicted molar refractivity (Wildman–Crippen MR) is 149 cm³/mol. The molecule has 2 aliphatic carbocycles. The molecule has 166 valence electrons. The minimum atomic E-state index is 1.01. The van der Waals surface area contributed by atoms with Crippen molar-refractivity contribution in [3.8, 4) is 22.3 Å². The van der Waals surface area contributed by atoms with Gasteiger partial charge in [0.2, 0.25) is 0 Å². The zero-order valence-corrected chi connectivity index (χ0v) is 19.7. The molecule has 35 heavy (non-hydrogen) atoms. The van der Waals surface area contributed by atoms with E-state index in [1.165, 1.54) is 65.7 Å². The van der Waals surface area contributed by atoms with Gasteiger partial charge >= 0.3 is 0 Å². The van der Waals surface area contributed by atoms with Gasteiger partial charge in [-0.05, 0) is 103 Å². The first-order valence-corrected chi connectivity index (χ1v) is 12.6. The summed E-state index contributed by atoms with van der Waals surface area (Å²) >= 11 is 0. The SMILES string of the molecule is C1=Cc2cc3c(-c4ccccc4)cc(C4=c5ccccc5=CCC4)c(-c4ccccc4)c3cc2C1. The molecule has 5 aromatic rings. The minimum absolute atomic E-state index is 1.01. The Hall–Kier alpha value is -4.16. The Bertz CT molecular complexity index is 1740. The van der Waals surface area contributed by atoms with Crippen molar-refractivity contribution in [2.75, 3.05) is 0 Å². The summed E-state index contributed by atoms with van der Waals surface area (Å²) in [5, 5.41) is 5.42. The highest BCUT2D eigenvalue weighted by Crippen LogP contribution is 2.43. The third-order valence-electron chi connectivity index (χ3n) is 7.55. The highest BCUT2D eigenvalue weighted by molar-refractivity contribution is 6.10. The molecule has 0 heterocycles.